The van der Waals surface area contributed by atoms with E-state index in [-0.39, 0.29) is 12.4 Å². The number of hydrogen-bond acceptors (Lipinski definition) is 5. The lowest BCUT2D eigenvalue weighted by molar-refractivity contribution is 0.128. The summed E-state index contributed by atoms with van der Waals surface area (Å²) in [7, 11) is 3.13. The average Bonchev–Trinajstić information content (AvgIpc) is 3.02. The van der Waals surface area contributed by atoms with Gasteiger partial charge in [0.05, 0.1) is 30.5 Å². The van der Waals surface area contributed by atoms with Gasteiger partial charge in [0.2, 0.25) is 0 Å². The van der Waals surface area contributed by atoms with Crippen LogP contribution >= 0.6 is 11.6 Å². The fraction of sp³-hybridized carbons (Fsp3) is 0.176. The third kappa shape index (κ3) is 3.77. The second-order valence-electron chi connectivity index (χ2n) is 5.16. The number of amidine groups is 1. The molecular weight excluding hydrogens is 344 g/mol. The summed E-state index contributed by atoms with van der Waals surface area (Å²) in [6, 6.07) is 8.86. The second-order valence-corrected chi connectivity index (χ2v) is 5.60. The minimum atomic E-state index is 0.179. The molecular formula is C17H17ClN4O3. The molecule has 0 unspecified atom stereocenters. The number of benzene rings is 1. The Morgan fingerprint density at radius 3 is 2.80 bits per heavy atom. The quantitative estimate of drug-likeness (QED) is 0.415. The van der Waals surface area contributed by atoms with Gasteiger partial charge in [-0.1, -0.05) is 16.8 Å². The van der Waals surface area contributed by atoms with Crippen LogP contribution in [0.1, 0.15) is 11.3 Å². The van der Waals surface area contributed by atoms with Crippen LogP contribution in [0, 0.1) is 0 Å². The van der Waals surface area contributed by atoms with Crippen molar-refractivity contribution in [3.05, 3.63) is 59.0 Å². The highest BCUT2D eigenvalue weighted by atomic mass is 35.5. The van der Waals surface area contributed by atoms with Gasteiger partial charge in [-0.2, -0.15) is 0 Å². The number of fused-ring (bicyclic) bond motifs is 1. The van der Waals surface area contributed by atoms with E-state index in [1.165, 1.54) is 0 Å². The summed E-state index contributed by atoms with van der Waals surface area (Å²) in [6.45, 7) is 0.179. The number of rotatable bonds is 6. The first-order chi connectivity index (χ1) is 12.1. The number of aromatic nitrogens is 2. The van der Waals surface area contributed by atoms with Crippen LogP contribution in [0.5, 0.6) is 11.5 Å². The molecule has 7 nitrogen and oxygen atoms in total. The van der Waals surface area contributed by atoms with Gasteiger partial charge in [0.15, 0.2) is 12.4 Å². The number of pyridine rings is 1. The van der Waals surface area contributed by atoms with Crippen LogP contribution in [-0.2, 0) is 11.4 Å². The zero-order valence-electron chi connectivity index (χ0n) is 13.8. The van der Waals surface area contributed by atoms with Crippen molar-refractivity contribution in [1.29, 1.82) is 0 Å². The fourth-order valence-corrected chi connectivity index (χ4v) is 2.48. The molecule has 130 valence electrons. The van der Waals surface area contributed by atoms with Gasteiger partial charge in [0.25, 0.3) is 0 Å². The number of nitrogens with two attached hydrogens (primary N) is 1. The van der Waals surface area contributed by atoms with Gasteiger partial charge in [0.1, 0.15) is 17.1 Å². The Kier molecular flexibility index (Phi) is 4.95. The number of nitrogens with zero attached hydrogens (tertiary/aromatic N) is 3. The van der Waals surface area contributed by atoms with E-state index < -0.39 is 0 Å². The summed E-state index contributed by atoms with van der Waals surface area (Å²) in [5.74, 6) is 1.41. The molecule has 0 saturated carbocycles. The molecule has 2 aromatic heterocycles. The lowest BCUT2D eigenvalue weighted by Crippen LogP contribution is -2.15. The van der Waals surface area contributed by atoms with Crippen molar-refractivity contribution < 1.29 is 14.3 Å². The Morgan fingerprint density at radius 2 is 2.04 bits per heavy atom. The van der Waals surface area contributed by atoms with E-state index in [1.807, 2.05) is 16.7 Å². The van der Waals surface area contributed by atoms with Gasteiger partial charge in [-0.05, 0) is 24.3 Å². The zero-order chi connectivity index (χ0) is 17.8. The van der Waals surface area contributed by atoms with Crippen molar-refractivity contribution in [2.24, 2.45) is 10.9 Å². The highest BCUT2D eigenvalue weighted by Crippen LogP contribution is 2.24. The first kappa shape index (κ1) is 16.9. The van der Waals surface area contributed by atoms with Crippen LogP contribution in [0.3, 0.4) is 0 Å². The topological polar surface area (TPSA) is 83.4 Å². The largest absolute Gasteiger partial charge is 0.497 e. The summed E-state index contributed by atoms with van der Waals surface area (Å²) in [6.07, 6.45) is 3.59. The predicted molar refractivity (Wildman–Crippen MR) is 95.3 cm³/mol. The van der Waals surface area contributed by atoms with Crippen molar-refractivity contribution in [3.8, 4) is 11.5 Å². The predicted octanol–water partition coefficient (Wildman–Crippen LogP) is 2.84. The Balaban J connectivity index is 1.72. The Labute approximate surface area is 149 Å². The maximum absolute atomic E-state index is 5.98. The molecule has 2 heterocycles. The highest BCUT2D eigenvalue weighted by molar-refractivity contribution is 6.30. The molecule has 0 spiro atoms. The van der Waals surface area contributed by atoms with Gasteiger partial charge in [0, 0.05) is 18.5 Å². The number of hydrogen-bond donors (Lipinski definition) is 1. The van der Waals surface area contributed by atoms with Crippen LogP contribution in [0.4, 0.5) is 0 Å². The molecule has 1 aromatic carbocycles. The lowest BCUT2D eigenvalue weighted by Gasteiger charge is -2.09. The molecule has 25 heavy (non-hydrogen) atoms. The summed E-state index contributed by atoms with van der Waals surface area (Å²) in [5.41, 5.74) is 8.08. The maximum Gasteiger partial charge on any atom is 0.174 e. The molecule has 0 saturated heterocycles. The fourth-order valence-electron chi connectivity index (χ4n) is 2.31. The monoisotopic (exact) mass is 360 g/mol. The Hall–Kier alpha value is -2.93. The van der Waals surface area contributed by atoms with Crippen LogP contribution < -0.4 is 15.2 Å². The summed E-state index contributed by atoms with van der Waals surface area (Å²) < 4.78 is 12.3. The minimum absolute atomic E-state index is 0.179. The van der Waals surface area contributed by atoms with E-state index in [0.29, 0.717) is 27.8 Å². The lowest BCUT2D eigenvalue weighted by atomic mass is 10.2. The first-order valence-corrected chi connectivity index (χ1v) is 7.79. The Bertz CT molecular complexity index is 923. The first-order valence-electron chi connectivity index (χ1n) is 7.41. The van der Waals surface area contributed by atoms with E-state index in [1.54, 1.807) is 44.7 Å². The molecule has 2 N–H and O–H groups in total. The van der Waals surface area contributed by atoms with Gasteiger partial charge >= 0.3 is 0 Å². The molecule has 0 bridgehead atoms. The van der Waals surface area contributed by atoms with Crippen molar-refractivity contribution in [2.45, 2.75) is 6.61 Å². The molecule has 3 rings (SSSR count). The minimum Gasteiger partial charge on any atom is -0.497 e. The molecule has 0 aliphatic rings. The average molecular weight is 361 g/mol. The van der Waals surface area contributed by atoms with Crippen LogP contribution in [-0.4, -0.2) is 29.4 Å². The van der Waals surface area contributed by atoms with E-state index in [9.17, 15) is 0 Å². The third-order valence-electron chi connectivity index (χ3n) is 3.52. The second kappa shape index (κ2) is 7.31. The van der Waals surface area contributed by atoms with Gasteiger partial charge < -0.3 is 24.4 Å². The molecule has 0 atom stereocenters. The summed E-state index contributed by atoms with van der Waals surface area (Å²) >= 11 is 5.95. The van der Waals surface area contributed by atoms with Crippen molar-refractivity contribution in [1.82, 2.24) is 9.38 Å². The maximum atomic E-state index is 5.98. The van der Waals surface area contributed by atoms with Crippen molar-refractivity contribution in [3.63, 3.8) is 0 Å². The molecule has 3 aromatic rings. The van der Waals surface area contributed by atoms with Gasteiger partial charge in [-0.3, -0.25) is 0 Å². The smallest absolute Gasteiger partial charge is 0.174 e. The highest BCUT2D eigenvalue weighted by Gasteiger charge is 2.10. The van der Waals surface area contributed by atoms with Crippen molar-refractivity contribution in [2.75, 3.05) is 14.2 Å². The van der Waals surface area contributed by atoms with E-state index in [2.05, 4.69) is 10.1 Å². The number of methoxy groups -OCH3 is 2. The zero-order valence-corrected chi connectivity index (χ0v) is 14.5. The van der Waals surface area contributed by atoms with Crippen LogP contribution in [0.2, 0.25) is 5.02 Å². The molecule has 0 aliphatic heterocycles. The number of oxime groups is 1. The normalized spacial score (nSPS) is 11.6. The van der Waals surface area contributed by atoms with Crippen molar-refractivity contribution >= 4 is 23.1 Å². The number of imidazole rings is 1. The van der Waals surface area contributed by atoms with E-state index in [0.717, 1.165) is 5.65 Å². The van der Waals surface area contributed by atoms with E-state index >= 15 is 0 Å². The molecule has 8 heteroatoms. The van der Waals surface area contributed by atoms with E-state index in [4.69, 9.17) is 31.6 Å². The van der Waals surface area contributed by atoms with Gasteiger partial charge in [-0.15, -0.1) is 0 Å². The summed E-state index contributed by atoms with van der Waals surface area (Å²) in [4.78, 5) is 9.73. The number of halogens is 1. The van der Waals surface area contributed by atoms with Crippen LogP contribution in [0.25, 0.3) is 5.65 Å². The summed E-state index contributed by atoms with van der Waals surface area (Å²) in [5, 5.41) is 4.57. The Morgan fingerprint density at radius 1 is 1.20 bits per heavy atom. The van der Waals surface area contributed by atoms with Gasteiger partial charge in [-0.25, -0.2) is 4.98 Å². The van der Waals surface area contributed by atoms with Crippen LogP contribution in [0.15, 0.2) is 47.9 Å². The SMILES string of the molecule is COc1ccc(C(N)=NOCc2cn3cc(Cl)ccc3n2)c(OC)c1. The molecule has 0 amide bonds. The standard InChI is InChI=1S/C17H17ClN4O3/c1-23-13-4-5-14(15(7-13)24-2)17(19)21-25-10-12-9-22-8-11(18)3-6-16(22)20-12/h3-9H,10H2,1-2H3,(H2,19,21). The third-order valence-corrected chi connectivity index (χ3v) is 3.75. The number of ether oxygens (including phenoxy) is 2. The molecule has 0 fully saturated rings. The molecule has 0 radical (unpaired) electrons. The molecule has 0 aliphatic carbocycles.